The van der Waals surface area contributed by atoms with Crippen molar-refractivity contribution >= 4 is 11.9 Å². The van der Waals surface area contributed by atoms with E-state index < -0.39 is 5.97 Å². The van der Waals surface area contributed by atoms with E-state index in [2.05, 4.69) is 4.90 Å². The van der Waals surface area contributed by atoms with Gasteiger partial charge in [0.05, 0.1) is 30.4 Å². The molecule has 136 valence electrons. The summed E-state index contributed by atoms with van der Waals surface area (Å²) >= 11 is 0. The van der Waals surface area contributed by atoms with E-state index in [1.54, 1.807) is 23.1 Å². The molecule has 0 radical (unpaired) electrons. The molecule has 7 nitrogen and oxygen atoms in total. The Labute approximate surface area is 147 Å². The van der Waals surface area contributed by atoms with Crippen LogP contribution in [0.5, 0.6) is 0 Å². The highest BCUT2D eigenvalue weighted by Gasteiger charge is 2.27. The van der Waals surface area contributed by atoms with Crippen LogP contribution in [0.4, 0.5) is 0 Å². The molecule has 0 aromatic heterocycles. The Balaban J connectivity index is 1.70. The van der Waals surface area contributed by atoms with Crippen LogP contribution in [0, 0.1) is 0 Å². The van der Waals surface area contributed by atoms with Gasteiger partial charge < -0.3 is 19.5 Å². The summed E-state index contributed by atoms with van der Waals surface area (Å²) in [5.41, 5.74) is 0.282. The zero-order valence-electron chi connectivity index (χ0n) is 14.2. The first-order valence-corrected chi connectivity index (χ1v) is 8.68. The molecule has 2 fully saturated rings. The van der Waals surface area contributed by atoms with E-state index in [1.807, 2.05) is 0 Å². The summed E-state index contributed by atoms with van der Waals surface area (Å²) in [6.45, 7) is 5.61. The highest BCUT2D eigenvalue weighted by Crippen LogP contribution is 2.16. The minimum Gasteiger partial charge on any atom is -0.478 e. The Bertz CT molecular complexity index is 615. The molecule has 1 N–H and O–H groups in total. The zero-order chi connectivity index (χ0) is 17.6. The predicted molar refractivity (Wildman–Crippen MR) is 90.9 cm³/mol. The monoisotopic (exact) mass is 348 g/mol. The molecule has 2 aliphatic heterocycles. The highest BCUT2D eigenvalue weighted by molar-refractivity contribution is 6.04. The molecular formula is C18H24N2O5. The quantitative estimate of drug-likeness (QED) is 0.873. The van der Waals surface area contributed by atoms with Crippen molar-refractivity contribution in [2.75, 3.05) is 52.5 Å². The first kappa shape index (κ1) is 17.8. The molecule has 0 aliphatic carbocycles. The first-order chi connectivity index (χ1) is 12.1. The molecule has 1 aromatic rings. The van der Waals surface area contributed by atoms with E-state index in [9.17, 15) is 14.7 Å². The average Bonchev–Trinajstić information content (AvgIpc) is 2.87. The Morgan fingerprint density at radius 1 is 1.08 bits per heavy atom. The number of carboxylic acids is 1. The van der Waals surface area contributed by atoms with Crippen LogP contribution in [-0.4, -0.2) is 85.4 Å². The normalized spacial score (nSPS) is 22.4. The Morgan fingerprint density at radius 2 is 1.80 bits per heavy atom. The summed E-state index contributed by atoms with van der Waals surface area (Å²) in [5, 5.41) is 9.32. The largest absolute Gasteiger partial charge is 0.478 e. The minimum absolute atomic E-state index is 0.0439. The van der Waals surface area contributed by atoms with Crippen LogP contribution in [0.3, 0.4) is 0 Å². The van der Waals surface area contributed by atoms with E-state index in [1.165, 1.54) is 6.07 Å². The van der Waals surface area contributed by atoms with Gasteiger partial charge in [0.2, 0.25) is 0 Å². The maximum Gasteiger partial charge on any atom is 0.336 e. The molecule has 2 heterocycles. The summed E-state index contributed by atoms with van der Waals surface area (Å²) in [5.74, 6) is -1.32. The van der Waals surface area contributed by atoms with Crippen LogP contribution in [0.15, 0.2) is 24.3 Å². The van der Waals surface area contributed by atoms with Crippen molar-refractivity contribution in [2.45, 2.75) is 12.5 Å². The maximum absolute atomic E-state index is 12.9. The number of aromatic carboxylic acids is 1. The van der Waals surface area contributed by atoms with E-state index >= 15 is 0 Å². The highest BCUT2D eigenvalue weighted by atomic mass is 16.5. The average molecular weight is 348 g/mol. The smallest absolute Gasteiger partial charge is 0.336 e. The minimum atomic E-state index is -1.08. The molecule has 25 heavy (non-hydrogen) atoms. The maximum atomic E-state index is 12.9. The molecule has 2 saturated heterocycles. The van der Waals surface area contributed by atoms with Gasteiger partial charge in [-0.15, -0.1) is 0 Å². The third-order valence-corrected chi connectivity index (χ3v) is 4.59. The van der Waals surface area contributed by atoms with Crippen LogP contribution in [-0.2, 0) is 9.47 Å². The number of morpholine rings is 1. The third-order valence-electron chi connectivity index (χ3n) is 4.59. The second kappa shape index (κ2) is 8.42. The summed E-state index contributed by atoms with van der Waals surface area (Å²) in [4.78, 5) is 28.3. The van der Waals surface area contributed by atoms with Crippen LogP contribution < -0.4 is 0 Å². The number of amides is 1. The van der Waals surface area contributed by atoms with Gasteiger partial charge in [0.15, 0.2) is 0 Å². The van der Waals surface area contributed by atoms with Gasteiger partial charge in [-0.3, -0.25) is 9.69 Å². The van der Waals surface area contributed by atoms with Crippen molar-refractivity contribution in [3.8, 4) is 0 Å². The summed E-state index contributed by atoms with van der Waals surface area (Å²) < 4.78 is 11.3. The number of rotatable bonds is 4. The molecule has 2 aliphatic rings. The molecule has 1 atom stereocenters. The third kappa shape index (κ3) is 4.56. The lowest BCUT2D eigenvalue weighted by Gasteiger charge is -2.31. The van der Waals surface area contributed by atoms with Crippen LogP contribution in [0.25, 0.3) is 0 Å². The van der Waals surface area contributed by atoms with E-state index in [0.717, 1.165) is 39.3 Å². The molecule has 3 rings (SSSR count). The number of hydrogen-bond acceptors (Lipinski definition) is 5. The standard InChI is InChI=1S/C18H24N2O5/c21-17(15-4-1-2-5-16(15)18(22)23)20-6-3-9-25-14(13-20)12-19-7-10-24-11-8-19/h1-2,4-5,14H,3,6-13H2,(H,22,23)/t14-/m0/s1. The van der Waals surface area contributed by atoms with E-state index in [0.29, 0.717) is 19.7 Å². The van der Waals surface area contributed by atoms with Crippen LogP contribution in [0.1, 0.15) is 27.1 Å². The lowest BCUT2D eigenvalue weighted by Crippen LogP contribution is -2.46. The van der Waals surface area contributed by atoms with Gasteiger partial charge in [-0.05, 0) is 18.6 Å². The summed E-state index contributed by atoms with van der Waals surface area (Å²) in [6.07, 6.45) is 0.683. The lowest BCUT2D eigenvalue weighted by molar-refractivity contribution is -0.0112. The van der Waals surface area contributed by atoms with Crippen molar-refractivity contribution in [2.24, 2.45) is 0 Å². The van der Waals surface area contributed by atoms with Gasteiger partial charge in [0.25, 0.3) is 5.91 Å². The van der Waals surface area contributed by atoms with Crippen molar-refractivity contribution in [1.29, 1.82) is 0 Å². The second-order valence-corrected chi connectivity index (χ2v) is 6.36. The van der Waals surface area contributed by atoms with Gasteiger partial charge >= 0.3 is 5.97 Å². The number of ether oxygens (including phenoxy) is 2. The van der Waals surface area contributed by atoms with Crippen molar-refractivity contribution in [1.82, 2.24) is 9.80 Å². The van der Waals surface area contributed by atoms with Gasteiger partial charge in [0.1, 0.15) is 0 Å². The van der Waals surface area contributed by atoms with Gasteiger partial charge in [0, 0.05) is 39.3 Å². The van der Waals surface area contributed by atoms with Crippen molar-refractivity contribution in [3.63, 3.8) is 0 Å². The number of carbonyl (C=O) groups excluding carboxylic acids is 1. The Kier molecular flexibility index (Phi) is 6.01. The van der Waals surface area contributed by atoms with Gasteiger partial charge in [-0.25, -0.2) is 4.79 Å². The summed E-state index contributed by atoms with van der Waals surface area (Å²) in [6, 6.07) is 6.37. The van der Waals surface area contributed by atoms with Gasteiger partial charge in [-0.2, -0.15) is 0 Å². The molecular weight excluding hydrogens is 324 g/mol. The fraction of sp³-hybridized carbons (Fsp3) is 0.556. The second-order valence-electron chi connectivity index (χ2n) is 6.36. The van der Waals surface area contributed by atoms with Crippen LogP contribution in [0.2, 0.25) is 0 Å². The number of carbonyl (C=O) groups is 2. The zero-order valence-corrected chi connectivity index (χ0v) is 14.2. The molecule has 0 saturated carbocycles. The molecule has 0 spiro atoms. The molecule has 0 unspecified atom stereocenters. The Hall–Kier alpha value is -1.96. The van der Waals surface area contributed by atoms with E-state index in [-0.39, 0.29) is 23.1 Å². The number of carboxylic acid groups (broad SMARTS) is 1. The fourth-order valence-electron chi connectivity index (χ4n) is 3.29. The molecule has 1 aromatic carbocycles. The number of nitrogens with zero attached hydrogens (tertiary/aromatic N) is 2. The molecule has 7 heteroatoms. The predicted octanol–water partition coefficient (Wildman–Crippen LogP) is 0.948. The Morgan fingerprint density at radius 3 is 2.52 bits per heavy atom. The number of benzene rings is 1. The number of hydrogen-bond donors (Lipinski definition) is 1. The molecule has 0 bridgehead atoms. The molecule has 1 amide bonds. The SMILES string of the molecule is O=C(O)c1ccccc1C(=O)N1CCCO[C@@H](CN2CCOCC2)C1. The van der Waals surface area contributed by atoms with Crippen LogP contribution >= 0.6 is 0 Å². The summed E-state index contributed by atoms with van der Waals surface area (Å²) in [7, 11) is 0. The fourth-order valence-corrected chi connectivity index (χ4v) is 3.29. The van der Waals surface area contributed by atoms with E-state index in [4.69, 9.17) is 9.47 Å². The van der Waals surface area contributed by atoms with Crippen molar-refractivity contribution < 1.29 is 24.2 Å². The first-order valence-electron chi connectivity index (χ1n) is 8.68. The lowest BCUT2D eigenvalue weighted by atomic mass is 10.1. The van der Waals surface area contributed by atoms with Gasteiger partial charge in [-0.1, -0.05) is 12.1 Å². The topological polar surface area (TPSA) is 79.3 Å². The van der Waals surface area contributed by atoms with Crippen molar-refractivity contribution in [3.05, 3.63) is 35.4 Å².